The molecule has 2 aromatic heterocycles. The molecular formula is C12H13ClN2O2S. The monoisotopic (exact) mass is 284 g/mol. The fraction of sp³-hybridized carbons (Fsp3) is 0.417. The summed E-state index contributed by atoms with van der Waals surface area (Å²) in [4.78, 5) is 4.53. The molecule has 0 amide bonds. The van der Waals surface area contributed by atoms with Crippen LogP contribution in [0.15, 0.2) is 24.5 Å². The third kappa shape index (κ3) is 2.24. The molecule has 4 nitrogen and oxygen atoms in total. The quantitative estimate of drug-likeness (QED) is 0.807. The number of imidazole rings is 1. The van der Waals surface area contributed by atoms with Gasteiger partial charge in [-0.25, -0.2) is 13.4 Å². The minimum absolute atomic E-state index is 0.243. The smallest absolute Gasteiger partial charge is 0.150 e. The molecule has 0 aromatic carbocycles. The summed E-state index contributed by atoms with van der Waals surface area (Å²) in [6.07, 6.45) is 5.17. The summed E-state index contributed by atoms with van der Waals surface area (Å²) in [7, 11) is -2.82. The molecular weight excluding hydrogens is 272 g/mol. The molecule has 2 aromatic rings. The number of halogens is 1. The third-order valence-electron chi connectivity index (χ3n) is 3.41. The van der Waals surface area contributed by atoms with Gasteiger partial charge in [0.25, 0.3) is 0 Å². The number of sulfone groups is 1. The topological polar surface area (TPSA) is 51.4 Å². The van der Waals surface area contributed by atoms with Crippen LogP contribution in [0.1, 0.15) is 24.5 Å². The van der Waals surface area contributed by atoms with Crippen molar-refractivity contribution in [2.45, 2.75) is 18.8 Å². The lowest BCUT2D eigenvalue weighted by Crippen LogP contribution is -2.22. The van der Waals surface area contributed by atoms with Crippen molar-refractivity contribution in [3.05, 3.63) is 35.2 Å². The zero-order valence-corrected chi connectivity index (χ0v) is 11.3. The number of hydrogen-bond acceptors (Lipinski definition) is 3. The Balaban J connectivity index is 1.91. The molecule has 18 heavy (non-hydrogen) atoms. The van der Waals surface area contributed by atoms with Gasteiger partial charge < -0.3 is 4.40 Å². The molecule has 0 saturated carbocycles. The normalized spacial score (nSPS) is 20.3. The van der Waals surface area contributed by atoms with E-state index < -0.39 is 9.84 Å². The Morgan fingerprint density at radius 1 is 1.33 bits per heavy atom. The van der Waals surface area contributed by atoms with Crippen LogP contribution in [0.3, 0.4) is 0 Å². The van der Waals surface area contributed by atoms with Crippen molar-refractivity contribution in [3.63, 3.8) is 0 Å². The Morgan fingerprint density at radius 2 is 2.06 bits per heavy atom. The molecule has 0 atom stereocenters. The Bertz CT molecular complexity index is 679. The average Bonchev–Trinajstić information content (AvgIpc) is 2.71. The van der Waals surface area contributed by atoms with Crippen LogP contribution in [-0.4, -0.2) is 29.3 Å². The summed E-state index contributed by atoms with van der Waals surface area (Å²) in [5.74, 6) is 0.783. The van der Waals surface area contributed by atoms with Crippen LogP contribution in [-0.2, 0) is 9.84 Å². The van der Waals surface area contributed by atoms with Gasteiger partial charge in [0.15, 0.2) is 0 Å². The first-order valence-electron chi connectivity index (χ1n) is 5.88. The molecule has 0 unspecified atom stereocenters. The van der Waals surface area contributed by atoms with E-state index in [1.807, 2.05) is 28.9 Å². The largest absolute Gasteiger partial charge is 0.307 e. The summed E-state index contributed by atoms with van der Waals surface area (Å²) >= 11 is 5.92. The van der Waals surface area contributed by atoms with Gasteiger partial charge in [-0.2, -0.15) is 0 Å². The summed E-state index contributed by atoms with van der Waals surface area (Å²) in [5, 5.41) is 0.658. The van der Waals surface area contributed by atoms with Gasteiger partial charge >= 0.3 is 0 Å². The Hall–Kier alpha value is -1.07. The molecule has 0 aliphatic carbocycles. The first-order chi connectivity index (χ1) is 8.53. The maximum absolute atomic E-state index is 11.4. The Labute approximate surface area is 111 Å². The summed E-state index contributed by atoms with van der Waals surface area (Å²) < 4.78 is 24.7. The highest BCUT2D eigenvalue weighted by Gasteiger charge is 2.26. The van der Waals surface area contributed by atoms with Crippen molar-refractivity contribution in [1.29, 1.82) is 0 Å². The standard InChI is InChI=1S/C12H13ClN2O2S/c13-10-1-4-15-8-11(14-12(15)7-10)9-2-5-18(16,17)6-3-9/h1,4,7-9H,2-3,5-6H2. The van der Waals surface area contributed by atoms with E-state index in [4.69, 9.17) is 11.6 Å². The predicted molar refractivity (Wildman–Crippen MR) is 70.8 cm³/mol. The number of nitrogens with zero attached hydrogens (tertiary/aromatic N) is 2. The lowest BCUT2D eigenvalue weighted by Gasteiger charge is -2.19. The van der Waals surface area contributed by atoms with Gasteiger partial charge in [-0.15, -0.1) is 0 Å². The first kappa shape index (κ1) is 12.0. The van der Waals surface area contributed by atoms with Crippen molar-refractivity contribution >= 4 is 27.1 Å². The summed E-state index contributed by atoms with van der Waals surface area (Å²) in [6.45, 7) is 0. The molecule has 3 heterocycles. The van der Waals surface area contributed by atoms with Crippen LogP contribution < -0.4 is 0 Å². The highest BCUT2D eigenvalue weighted by atomic mass is 35.5. The van der Waals surface area contributed by atoms with Crippen LogP contribution in [0.2, 0.25) is 5.02 Å². The molecule has 6 heteroatoms. The molecule has 1 aliphatic rings. The van der Waals surface area contributed by atoms with Crippen molar-refractivity contribution in [2.75, 3.05) is 11.5 Å². The minimum atomic E-state index is -2.82. The van der Waals surface area contributed by atoms with E-state index in [9.17, 15) is 8.42 Å². The molecule has 1 saturated heterocycles. The van der Waals surface area contributed by atoms with E-state index in [-0.39, 0.29) is 17.4 Å². The zero-order valence-electron chi connectivity index (χ0n) is 9.71. The van der Waals surface area contributed by atoms with Crippen LogP contribution in [0.4, 0.5) is 0 Å². The van der Waals surface area contributed by atoms with Crippen molar-refractivity contribution < 1.29 is 8.42 Å². The maximum atomic E-state index is 11.4. The van der Waals surface area contributed by atoms with Gasteiger partial charge in [-0.1, -0.05) is 11.6 Å². The zero-order chi connectivity index (χ0) is 12.8. The second-order valence-electron chi connectivity index (χ2n) is 4.70. The van der Waals surface area contributed by atoms with Gasteiger partial charge in [0.2, 0.25) is 0 Å². The molecule has 96 valence electrons. The second-order valence-corrected chi connectivity index (χ2v) is 7.44. The SMILES string of the molecule is O=S1(=O)CCC(c2cn3ccc(Cl)cc3n2)CC1. The molecule has 0 spiro atoms. The number of fused-ring (bicyclic) bond motifs is 1. The van der Waals surface area contributed by atoms with Crippen molar-refractivity contribution in [1.82, 2.24) is 9.38 Å². The van der Waals surface area contributed by atoms with E-state index in [1.165, 1.54) is 0 Å². The lowest BCUT2D eigenvalue weighted by atomic mass is 10.00. The van der Waals surface area contributed by atoms with E-state index in [2.05, 4.69) is 4.98 Å². The number of rotatable bonds is 1. The highest BCUT2D eigenvalue weighted by Crippen LogP contribution is 2.28. The van der Waals surface area contributed by atoms with Crippen LogP contribution >= 0.6 is 11.6 Å². The van der Waals surface area contributed by atoms with Gasteiger partial charge in [0, 0.05) is 23.3 Å². The van der Waals surface area contributed by atoms with Crippen LogP contribution in [0.25, 0.3) is 5.65 Å². The Morgan fingerprint density at radius 3 is 2.78 bits per heavy atom. The van der Waals surface area contributed by atoms with E-state index in [1.54, 1.807) is 0 Å². The maximum Gasteiger partial charge on any atom is 0.150 e. The fourth-order valence-electron chi connectivity index (χ4n) is 2.36. The highest BCUT2D eigenvalue weighted by molar-refractivity contribution is 7.91. The molecule has 1 aliphatic heterocycles. The molecule has 3 rings (SSSR count). The van der Waals surface area contributed by atoms with Crippen LogP contribution in [0.5, 0.6) is 0 Å². The second kappa shape index (κ2) is 4.24. The molecule has 0 radical (unpaired) electrons. The number of hydrogen-bond donors (Lipinski definition) is 0. The van der Waals surface area contributed by atoms with Crippen molar-refractivity contribution in [3.8, 4) is 0 Å². The lowest BCUT2D eigenvalue weighted by molar-refractivity contribution is 0.546. The summed E-state index contributed by atoms with van der Waals surface area (Å²) in [5.41, 5.74) is 1.78. The Kier molecular flexibility index (Phi) is 2.83. The predicted octanol–water partition coefficient (Wildman–Crippen LogP) is 2.28. The van der Waals surface area contributed by atoms with Gasteiger partial charge in [-0.3, -0.25) is 0 Å². The van der Waals surface area contributed by atoms with Gasteiger partial charge in [0.05, 0.1) is 17.2 Å². The van der Waals surface area contributed by atoms with E-state index in [0.717, 1.165) is 11.3 Å². The first-order valence-corrected chi connectivity index (χ1v) is 8.08. The molecule has 1 fully saturated rings. The van der Waals surface area contributed by atoms with E-state index in [0.29, 0.717) is 17.9 Å². The van der Waals surface area contributed by atoms with Gasteiger partial charge in [-0.05, 0) is 25.0 Å². The number of aromatic nitrogens is 2. The molecule has 0 N–H and O–H groups in total. The number of pyridine rings is 1. The third-order valence-corrected chi connectivity index (χ3v) is 5.36. The van der Waals surface area contributed by atoms with E-state index >= 15 is 0 Å². The van der Waals surface area contributed by atoms with Gasteiger partial charge in [0.1, 0.15) is 15.5 Å². The fourth-order valence-corrected chi connectivity index (χ4v) is 4.00. The van der Waals surface area contributed by atoms with Crippen LogP contribution in [0, 0.1) is 0 Å². The minimum Gasteiger partial charge on any atom is -0.307 e. The average molecular weight is 285 g/mol. The summed E-state index contributed by atoms with van der Waals surface area (Å²) in [6, 6.07) is 3.62. The van der Waals surface area contributed by atoms with Crippen molar-refractivity contribution in [2.24, 2.45) is 0 Å². The molecule has 0 bridgehead atoms.